The zero-order valence-corrected chi connectivity index (χ0v) is 15.7. The molecular formula is C18H17BrFN3O4. The minimum atomic E-state index is -0.605. The summed E-state index contributed by atoms with van der Waals surface area (Å²) in [5, 5.41) is 5.08. The van der Waals surface area contributed by atoms with E-state index in [0.29, 0.717) is 4.47 Å². The van der Waals surface area contributed by atoms with Crippen molar-refractivity contribution in [2.24, 2.45) is 5.73 Å². The maximum absolute atomic E-state index is 13.7. The van der Waals surface area contributed by atoms with E-state index in [1.54, 1.807) is 24.3 Å². The van der Waals surface area contributed by atoms with Gasteiger partial charge in [0.05, 0.1) is 11.3 Å². The Bertz CT molecular complexity index is 860. The standard InChI is InChI=1S/C18H17BrFN3O4/c19-11-5-6-15(13(20)9-11)27-10-17(25)23-14-4-2-1-3-12(14)18(26)22-8-7-16(21)24/h1-6,9H,7-8,10H2,(H2,21,24)(H,22,26)(H,23,25). The molecule has 2 aromatic carbocycles. The Kier molecular flexibility index (Phi) is 7.30. The SMILES string of the molecule is NC(=O)CCNC(=O)c1ccccc1NC(=O)COc1ccc(Br)cc1F. The maximum atomic E-state index is 13.7. The third-order valence-electron chi connectivity index (χ3n) is 3.36. The number of carbonyl (C=O) groups excluding carboxylic acids is 3. The summed E-state index contributed by atoms with van der Waals surface area (Å²) in [6, 6.07) is 10.5. The van der Waals surface area contributed by atoms with Crippen LogP contribution in [0.15, 0.2) is 46.9 Å². The lowest BCUT2D eigenvalue weighted by atomic mass is 10.1. The van der Waals surface area contributed by atoms with E-state index in [-0.39, 0.29) is 30.0 Å². The molecular weight excluding hydrogens is 421 g/mol. The zero-order valence-electron chi connectivity index (χ0n) is 14.1. The second-order valence-corrected chi connectivity index (χ2v) is 6.35. The quantitative estimate of drug-likeness (QED) is 0.587. The fourth-order valence-corrected chi connectivity index (χ4v) is 2.44. The van der Waals surface area contributed by atoms with Gasteiger partial charge in [-0.25, -0.2) is 4.39 Å². The average Bonchev–Trinajstić information content (AvgIpc) is 2.61. The largest absolute Gasteiger partial charge is 0.481 e. The molecule has 0 radical (unpaired) electrons. The van der Waals surface area contributed by atoms with E-state index in [0.717, 1.165) is 0 Å². The van der Waals surface area contributed by atoms with Gasteiger partial charge in [-0.1, -0.05) is 28.1 Å². The average molecular weight is 438 g/mol. The number of hydrogen-bond donors (Lipinski definition) is 3. The topological polar surface area (TPSA) is 111 Å². The number of benzene rings is 2. The Hall–Kier alpha value is -2.94. The van der Waals surface area contributed by atoms with Gasteiger partial charge in [0, 0.05) is 17.4 Å². The van der Waals surface area contributed by atoms with Gasteiger partial charge in [0.25, 0.3) is 11.8 Å². The van der Waals surface area contributed by atoms with Crippen LogP contribution in [0, 0.1) is 5.82 Å². The number of carbonyl (C=O) groups is 3. The summed E-state index contributed by atoms with van der Waals surface area (Å²) in [5.74, 6) is -2.23. The van der Waals surface area contributed by atoms with Crippen LogP contribution in [0.5, 0.6) is 5.75 Å². The molecule has 7 nitrogen and oxygen atoms in total. The number of hydrogen-bond acceptors (Lipinski definition) is 4. The summed E-state index contributed by atoms with van der Waals surface area (Å²) in [7, 11) is 0. The van der Waals surface area contributed by atoms with Gasteiger partial charge in [-0.3, -0.25) is 14.4 Å². The molecule has 0 aromatic heterocycles. The van der Waals surface area contributed by atoms with Crippen LogP contribution in [-0.4, -0.2) is 30.9 Å². The fourth-order valence-electron chi connectivity index (χ4n) is 2.11. The van der Waals surface area contributed by atoms with E-state index < -0.39 is 30.1 Å². The highest BCUT2D eigenvalue weighted by atomic mass is 79.9. The molecule has 0 heterocycles. The summed E-state index contributed by atoms with van der Waals surface area (Å²) in [6.07, 6.45) is 0.00681. The molecule has 0 fully saturated rings. The van der Waals surface area contributed by atoms with Crippen LogP contribution in [0.4, 0.5) is 10.1 Å². The van der Waals surface area contributed by atoms with E-state index in [2.05, 4.69) is 26.6 Å². The molecule has 0 aliphatic heterocycles. The van der Waals surface area contributed by atoms with Gasteiger partial charge < -0.3 is 21.1 Å². The molecule has 142 valence electrons. The maximum Gasteiger partial charge on any atom is 0.262 e. The Labute approximate surface area is 163 Å². The van der Waals surface area contributed by atoms with Crippen LogP contribution in [0.25, 0.3) is 0 Å². The van der Waals surface area contributed by atoms with Crippen molar-refractivity contribution >= 4 is 39.3 Å². The molecule has 0 saturated carbocycles. The van der Waals surface area contributed by atoms with Crippen molar-refractivity contribution in [3.05, 3.63) is 58.3 Å². The normalized spacial score (nSPS) is 10.1. The lowest BCUT2D eigenvalue weighted by Crippen LogP contribution is -2.29. The van der Waals surface area contributed by atoms with Crippen molar-refractivity contribution < 1.29 is 23.5 Å². The predicted molar refractivity (Wildman–Crippen MR) is 101 cm³/mol. The van der Waals surface area contributed by atoms with E-state index in [4.69, 9.17) is 10.5 Å². The zero-order chi connectivity index (χ0) is 19.8. The van der Waals surface area contributed by atoms with Crippen LogP contribution < -0.4 is 21.1 Å². The summed E-state index contributed by atoms with van der Waals surface area (Å²) in [5.41, 5.74) is 5.50. The van der Waals surface area contributed by atoms with Gasteiger partial charge in [0.15, 0.2) is 18.2 Å². The number of nitrogens with two attached hydrogens (primary N) is 1. The van der Waals surface area contributed by atoms with Crippen molar-refractivity contribution in [1.82, 2.24) is 5.32 Å². The Morgan fingerprint density at radius 1 is 1.15 bits per heavy atom. The molecule has 2 aromatic rings. The van der Waals surface area contributed by atoms with Gasteiger partial charge in [0.2, 0.25) is 5.91 Å². The van der Waals surface area contributed by atoms with Crippen molar-refractivity contribution in [2.75, 3.05) is 18.5 Å². The number of halogens is 2. The number of ether oxygens (including phenoxy) is 1. The monoisotopic (exact) mass is 437 g/mol. The highest BCUT2D eigenvalue weighted by molar-refractivity contribution is 9.10. The lowest BCUT2D eigenvalue weighted by molar-refractivity contribution is -0.118. The van der Waals surface area contributed by atoms with E-state index in [1.165, 1.54) is 18.2 Å². The molecule has 3 amide bonds. The Balaban J connectivity index is 1.97. The van der Waals surface area contributed by atoms with Crippen LogP contribution in [0.2, 0.25) is 0 Å². The third-order valence-corrected chi connectivity index (χ3v) is 3.85. The third kappa shape index (κ3) is 6.37. The molecule has 0 saturated heterocycles. The van der Waals surface area contributed by atoms with Crippen LogP contribution in [0.3, 0.4) is 0 Å². The molecule has 27 heavy (non-hydrogen) atoms. The van der Waals surface area contributed by atoms with E-state index >= 15 is 0 Å². The first-order valence-corrected chi connectivity index (χ1v) is 8.69. The van der Waals surface area contributed by atoms with E-state index in [1.807, 2.05) is 0 Å². The molecule has 0 bridgehead atoms. The molecule has 0 unspecified atom stereocenters. The lowest BCUT2D eigenvalue weighted by Gasteiger charge is -2.12. The number of nitrogens with one attached hydrogen (secondary N) is 2. The molecule has 0 spiro atoms. The number of anilines is 1. The number of para-hydroxylation sites is 1. The second-order valence-electron chi connectivity index (χ2n) is 5.43. The highest BCUT2D eigenvalue weighted by Gasteiger charge is 2.14. The summed E-state index contributed by atoms with van der Waals surface area (Å²) in [6.45, 7) is -0.349. The summed E-state index contributed by atoms with van der Waals surface area (Å²) >= 11 is 3.13. The van der Waals surface area contributed by atoms with Crippen molar-refractivity contribution in [2.45, 2.75) is 6.42 Å². The van der Waals surface area contributed by atoms with Gasteiger partial charge in [0.1, 0.15) is 0 Å². The van der Waals surface area contributed by atoms with Crippen LogP contribution in [0.1, 0.15) is 16.8 Å². The molecule has 2 rings (SSSR count). The fraction of sp³-hybridized carbons (Fsp3) is 0.167. The first kappa shape index (κ1) is 20.4. The van der Waals surface area contributed by atoms with Crippen molar-refractivity contribution in [3.63, 3.8) is 0 Å². The van der Waals surface area contributed by atoms with Gasteiger partial charge in [-0.15, -0.1) is 0 Å². The van der Waals surface area contributed by atoms with Crippen LogP contribution >= 0.6 is 15.9 Å². The summed E-state index contributed by atoms with van der Waals surface area (Å²) < 4.78 is 19.4. The molecule has 0 aliphatic carbocycles. The molecule has 0 atom stereocenters. The number of primary amides is 1. The summed E-state index contributed by atoms with van der Waals surface area (Å²) in [4.78, 5) is 35.0. The Morgan fingerprint density at radius 3 is 2.59 bits per heavy atom. The molecule has 9 heteroatoms. The first-order valence-electron chi connectivity index (χ1n) is 7.90. The van der Waals surface area contributed by atoms with E-state index in [9.17, 15) is 18.8 Å². The first-order chi connectivity index (χ1) is 12.9. The Morgan fingerprint density at radius 2 is 1.89 bits per heavy atom. The van der Waals surface area contributed by atoms with Gasteiger partial charge in [-0.2, -0.15) is 0 Å². The van der Waals surface area contributed by atoms with Crippen molar-refractivity contribution in [3.8, 4) is 5.75 Å². The predicted octanol–water partition coefficient (Wildman–Crippen LogP) is 2.21. The van der Waals surface area contributed by atoms with Crippen molar-refractivity contribution in [1.29, 1.82) is 0 Å². The number of rotatable bonds is 8. The van der Waals surface area contributed by atoms with Gasteiger partial charge >= 0.3 is 0 Å². The minimum Gasteiger partial charge on any atom is -0.481 e. The molecule has 4 N–H and O–H groups in total. The smallest absolute Gasteiger partial charge is 0.262 e. The second kappa shape index (κ2) is 9.67. The molecule has 0 aliphatic rings. The highest BCUT2D eigenvalue weighted by Crippen LogP contribution is 2.21. The van der Waals surface area contributed by atoms with Crippen LogP contribution in [-0.2, 0) is 9.59 Å². The minimum absolute atomic E-state index is 0.00681. The van der Waals surface area contributed by atoms with Gasteiger partial charge in [-0.05, 0) is 30.3 Å². The number of amides is 3.